The second kappa shape index (κ2) is 5.21. The van der Waals surface area contributed by atoms with Gasteiger partial charge in [-0.15, -0.1) is 0 Å². The average molecular weight is 247 g/mol. The summed E-state index contributed by atoms with van der Waals surface area (Å²) >= 11 is 0. The topological polar surface area (TPSA) is 66.4 Å². The van der Waals surface area contributed by atoms with Gasteiger partial charge in [0.1, 0.15) is 0 Å². The van der Waals surface area contributed by atoms with Crippen LogP contribution >= 0.6 is 0 Å². The van der Waals surface area contributed by atoms with Gasteiger partial charge in [-0.2, -0.15) is 0 Å². The van der Waals surface area contributed by atoms with Gasteiger partial charge in [0.25, 0.3) is 0 Å². The van der Waals surface area contributed by atoms with Gasteiger partial charge in [-0.25, -0.2) is 0 Å². The molecule has 0 bridgehead atoms. The maximum atomic E-state index is 12.0. The number of amides is 1. The van der Waals surface area contributed by atoms with E-state index in [9.17, 15) is 9.59 Å². The number of carbonyl (C=O) groups is 2. The smallest absolute Gasteiger partial charge is 0.307 e. The van der Waals surface area contributed by atoms with E-state index in [2.05, 4.69) is 5.32 Å². The summed E-state index contributed by atoms with van der Waals surface area (Å²) in [5, 5.41) is 11.8. The second-order valence-electron chi connectivity index (χ2n) is 4.84. The number of aliphatic carboxylic acids is 1. The molecule has 2 unspecified atom stereocenters. The van der Waals surface area contributed by atoms with Crippen LogP contribution in [0.5, 0.6) is 0 Å². The fourth-order valence-electron chi connectivity index (χ4n) is 2.44. The van der Waals surface area contributed by atoms with Crippen molar-refractivity contribution in [2.45, 2.75) is 26.2 Å². The van der Waals surface area contributed by atoms with Gasteiger partial charge in [0.15, 0.2) is 0 Å². The normalized spacial score (nSPS) is 22.7. The summed E-state index contributed by atoms with van der Waals surface area (Å²) in [7, 11) is 0. The summed E-state index contributed by atoms with van der Waals surface area (Å²) in [4.78, 5) is 23.1. The van der Waals surface area contributed by atoms with Crippen LogP contribution in [0.2, 0.25) is 0 Å². The Morgan fingerprint density at radius 1 is 1.17 bits per heavy atom. The van der Waals surface area contributed by atoms with Gasteiger partial charge >= 0.3 is 5.97 Å². The Kier molecular flexibility index (Phi) is 3.65. The summed E-state index contributed by atoms with van der Waals surface area (Å²) in [5.74, 6) is -1.97. The molecule has 1 amide bonds. The standard InChI is InChI=1S/C14H17NO3/c1-9-5-7-10(8-6-9)15-13(16)11-3-2-4-12(11)14(17)18/h5-8,11-12H,2-4H2,1H3,(H,15,16)(H,17,18). The highest BCUT2D eigenvalue weighted by atomic mass is 16.4. The largest absolute Gasteiger partial charge is 0.481 e. The number of anilines is 1. The molecule has 0 radical (unpaired) electrons. The van der Waals surface area contributed by atoms with Gasteiger partial charge in [-0.1, -0.05) is 24.1 Å². The Hall–Kier alpha value is -1.84. The maximum absolute atomic E-state index is 12.0. The molecule has 0 spiro atoms. The Bertz CT molecular complexity index is 453. The van der Waals surface area contributed by atoms with E-state index in [1.807, 2.05) is 31.2 Å². The molecular weight excluding hydrogens is 230 g/mol. The number of hydrogen-bond donors (Lipinski definition) is 2. The molecule has 1 aliphatic rings. The van der Waals surface area contributed by atoms with E-state index < -0.39 is 17.8 Å². The molecule has 1 fully saturated rings. The molecule has 0 heterocycles. The summed E-state index contributed by atoms with van der Waals surface area (Å²) in [6.07, 6.45) is 2.07. The molecule has 2 atom stereocenters. The minimum absolute atomic E-state index is 0.177. The number of rotatable bonds is 3. The minimum Gasteiger partial charge on any atom is -0.481 e. The highest BCUT2D eigenvalue weighted by molar-refractivity contribution is 5.95. The van der Waals surface area contributed by atoms with Crippen LogP contribution in [0, 0.1) is 18.8 Å². The fourth-order valence-corrected chi connectivity index (χ4v) is 2.44. The van der Waals surface area contributed by atoms with E-state index in [0.29, 0.717) is 12.8 Å². The highest BCUT2D eigenvalue weighted by Crippen LogP contribution is 2.32. The molecule has 2 rings (SSSR count). The highest BCUT2D eigenvalue weighted by Gasteiger charge is 2.37. The van der Waals surface area contributed by atoms with E-state index in [0.717, 1.165) is 17.7 Å². The van der Waals surface area contributed by atoms with Crippen LogP contribution in [0.25, 0.3) is 0 Å². The van der Waals surface area contributed by atoms with Crippen LogP contribution in [0.3, 0.4) is 0 Å². The Morgan fingerprint density at radius 2 is 1.78 bits per heavy atom. The van der Waals surface area contributed by atoms with Crippen molar-refractivity contribution in [3.8, 4) is 0 Å². The summed E-state index contributed by atoms with van der Waals surface area (Å²) in [5.41, 5.74) is 1.85. The van der Waals surface area contributed by atoms with Gasteiger partial charge in [-0.05, 0) is 31.9 Å². The number of benzene rings is 1. The first-order chi connectivity index (χ1) is 8.58. The van der Waals surface area contributed by atoms with Gasteiger partial charge in [-0.3, -0.25) is 9.59 Å². The van der Waals surface area contributed by atoms with E-state index in [1.165, 1.54) is 0 Å². The molecule has 0 aliphatic heterocycles. The number of carboxylic acids is 1. The lowest BCUT2D eigenvalue weighted by Gasteiger charge is -2.15. The van der Waals surface area contributed by atoms with Crippen LogP contribution in [-0.2, 0) is 9.59 Å². The number of nitrogens with one attached hydrogen (secondary N) is 1. The molecule has 2 N–H and O–H groups in total. The third kappa shape index (κ3) is 2.70. The summed E-state index contributed by atoms with van der Waals surface area (Å²) in [6, 6.07) is 7.49. The lowest BCUT2D eigenvalue weighted by molar-refractivity contribution is -0.145. The second-order valence-corrected chi connectivity index (χ2v) is 4.84. The van der Waals surface area contributed by atoms with Gasteiger partial charge in [0, 0.05) is 5.69 Å². The van der Waals surface area contributed by atoms with E-state index >= 15 is 0 Å². The SMILES string of the molecule is Cc1ccc(NC(=O)C2CCCC2C(=O)O)cc1. The van der Waals surface area contributed by atoms with Crippen molar-refractivity contribution in [3.05, 3.63) is 29.8 Å². The van der Waals surface area contributed by atoms with Crippen molar-refractivity contribution in [1.82, 2.24) is 0 Å². The van der Waals surface area contributed by atoms with Crippen LogP contribution in [0.4, 0.5) is 5.69 Å². The lowest BCUT2D eigenvalue weighted by Crippen LogP contribution is -2.29. The van der Waals surface area contributed by atoms with Gasteiger partial charge in [0.2, 0.25) is 5.91 Å². The Labute approximate surface area is 106 Å². The van der Waals surface area contributed by atoms with Crippen molar-refractivity contribution in [1.29, 1.82) is 0 Å². The molecule has 1 saturated carbocycles. The molecule has 0 aromatic heterocycles. The number of aryl methyl sites for hydroxylation is 1. The first kappa shape index (κ1) is 12.6. The van der Waals surface area contributed by atoms with Crippen LogP contribution in [0.15, 0.2) is 24.3 Å². The first-order valence-electron chi connectivity index (χ1n) is 6.18. The van der Waals surface area contributed by atoms with Crippen molar-refractivity contribution in [2.75, 3.05) is 5.32 Å². The molecule has 4 nitrogen and oxygen atoms in total. The quantitative estimate of drug-likeness (QED) is 0.862. The molecule has 0 saturated heterocycles. The molecule has 1 aromatic carbocycles. The van der Waals surface area contributed by atoms with Crippen LogP contribution in [-0.4, -0.2) is 17.0 Å². The zero-order valence-electron chi connectivity index (χ0n) is 10.3. The van der Waals surface area contributed by atoms with Gasteiger partial charge in [0.05, 0.1) is 11.8 Å². The Morgan fingerprint density at radius 3 is 2.39 bits per heavy atom. The van der Waals surface area contributed by atoms with Crippen molar-refractivity contribution >= 4 is 17.6 Å². The molecule has 1 aliphatic carbocycles. The molecule has 4 heteroatoms. The fraction of sp³-hybridized carbons (Fsp3) is 0.429. The summed E-state index contributed by atoms with van der Waals surface area (Å²) in [6.45, 7) is 1.98. The molecule has 1 aromatic rings. The third-order valence-corrected chi connectivity index (χ3v) is 3.49. The predicted molar refractivity (Wildman–Crippen MR) is 68.3 cm³/mol. The Balaban J connectivity index is 2.03. The first-order valence-corrected chi connectivity index (χ1v) is 6.18. The molecule has 18 heavy (non-hydrogen) atoms. The number of carbonyl (C=O) groups excluding carboxylic acids is 1. The third-order valence-electron chi connectivity index (χ3n) is 3.49. The van der Waals surface area contributed by atoms with Crippen LogP contribution in [0.1, 0.15) is 24.8 Å². The van der Waals surface area contributed by atoms with Crippen molar-refractivity contribution < 1.29 is 14.7 Å². The number of hydrogen-bond acceptors (Lipinski definition) is 2. The van der Waals surface area contributed by atoms with Crippen LogP contribution < -0.4 is 5.32 Å². The van der Waals surface area contributed by atoms with Crippen molar-refractivity contribution in [3.63, 3.8) is 0 Å². The average Bonchev–Trinajstić information content (AvgIpc) is 2.81. The minimum atomic E-state index is -0.864. The van der Waals surface area contributed by atoms with Gasteiger partial charge < -0.3 is 10.4 Å². The predicted octanol–water partition coefficient (Wildman–Crippen LogP) is 2.43. The maximum Gasteiger partial charge on any atom is 0.307 e. The van der Waals surface area contributed by atoms with E-state index in [4.69, 9.17) is 5.11 Å². The van der Waals surface area contributed by atoms with E-state index in [-0.39, 0.29) is 5.91 Å². The lowest BCUT2D eigenvalue weighted by atomic mass is 9.95. The molecule has 96 valence electrons. The zero-order chi connectivity index (χ0) is 13.1. The van der Waals surface area contributed by atoms with Crippen molar-refractivity contribution in [2.24, 2.45) is 11.8 Å². The number of carboxylic acid groups (broad SMARTS) is 1. The summed E-state index contributed by atoms with van der Waals surface area (Å²) < 4.78 is 0. The monoisotopic (exact) mass is 247 g/mol. The molecular formula is C14H17NO3. The van der Waals surface area contributed by atoms with E-state index in [1.54, 1.807) is 0 Å². The zero-order valence-corrected chi connectivity index (χ0v) is 10.3.